The van der Waals surface area contributed by atoms with Crippen molar-refractivity contribution in [2.24, 2.45) is 0 Å². The summed E-state index contributed by atoms with van der Waals surface area (Å²) >= 11 is 0. The summed E-state index contributed by atoms with van der Waals surface area (Å²) in [6.07, 6.45) is -2.31. The Morgan fingerprint density at radius 2 is 1.80 bits per heavy atom. The minimum absolute atomic E-state index is 0.0772. The van der Waals surface area contributed by atoms with Crippen LogP contribution in [0.15, 0.2) is 18.2 Å². The maximum atomic E-state index is 10.5. The van der Waals surface area contributed by atoms with E-state index in [1.165, 1.54) is 18.2 Å². The fourth-order valence-corrected chi connectivity index (χ4v) is 1.37. The maximum Gasteiger partial charge on any atom is 0.271 e. The topological polar surface area (TPSA) is 108 Å². The van der Waals surface area contributed by atoms with Crippen LogP contribution in [0.1, 0.15) is 0 Å². The number of benzene rings is 1. The van der Waals surface area contributed by atoms with Crippen molar-refractivity contribution in [1.82, 2.24) is 0 Å². The minimum Gasteiger partial charge on any atom is -0.369 e. The van der Waals surface area contributed by atoms with Gasteiger partial charge in [-0.25, -0.2) is 0 Å². The number of fused-ring (bicyclic) bond motifs is 1. The summed E-state index contributed by atoms with van der Waals surface area (Å²) < 4.78 is 0. The molecule has 7 heteroatoms. The van der Waals surface area contributed by atoms with Gasteiger partial charge in [-0.05, 0) is 6.07 Å². The molecular formula is C8H9N3O4. The number of aliphatic hydroxyl groups is 2. The van der Waals surface area contributed by atoms with Crippen LogP contribution < -0.4 is 10.6 Å². The SMILES string of the molecule is O=[N+]([O-])c1ccc2c(c1)N[C@@H](O)[C@H](O)N2. The fourth-order valence-electron chi connectivity index (χ4n) is 1.37. The molecule has 1 aromatic carbocycles. The van der Waals surface area contributed by atoms with Crippen LogP contribution in [-0.4, -0.2) is 27.6 Å². The van der Waals surface area contributed by atoms with Gasteiger partial charge in [0.05, 0.1) is 16.3 Å². The first kappa shape index (κ1) is 9.69. The van der Waals surface area contributed by atoms with E-state index in [2.05, 4.69) is 10.6 Å². The van der Waals surface area contributed by atoms with Gasteiger partial charge in [-0.2, -0.15) is 0 Å². The first-order chi connectivity index (χ1) is 7.08. The number of nitrogens with zero attached hydrogens (tertiary/aromatic N) is 1. The van der Waals surface area contributed by atoms with Crippen LogP contribution in [0, 0.1) is 10.1 Å². The molecule has 0 bridgehead atoms. The molecule has 1 aromatic rings. The third-order valence-corrected chi connectivity index (χ3v) is 2.12. The van der Waals surface area contributed by atoms with Crippen molar-refractivity contribution in [3.8, 4) is 0 Å². The molecule has 0 radical (unpaired) electrons. The standard InChI is InChI=1S/C8H9N3O4/c12-7-8(13)10-6-3-4(11(14)15)1-2-5(6)9-7/h1-3,7-10,12-13H/t7-,8-/m0/s1. The zero-order valence-corrected chi connectivity index (χ0v) is 7.54. The van der Waals surface area contributed by atoms with Gasteiger partial charge in [-0.1, -0.05) is 0 Å². The molecule has 7 nitrogen and oxygen atoms in total. The van der Waals surface area contributed by atoms with Crippen molar-refractivity contribution < 1.29 is 15.1 Å². The summed E-state index contributed by atoms with van der Waals surface area (Å²) in [5, 5.41) is 34.1. The molecule has 0 saturated carbocycles. The van der Waals surface area contributed by atoms with Crippen LogP contribution in [0.3, 0.4) is 0 Å². The predicted octanol–water partition coefficient (Wildman–Crippen LogP) is 0.0690. The Hall–Kier alpha value is -1.86. The number of non-ortho nitro benzene ring substituents is 1. The van der Waals surface area contributed by atoms with Crippen LogP contribution in [0.5, 0.6) is 0 Å². The van der Waals surface area contributed by atoms with E-state index >= 15 is 0 Å². The quantitative estimate of drug-likeness (QED) is 0.386. The Morgan fingerprint density at radius 3 is 2.40 bits per heavy atom. The lowest BCUT2D eigenvalue weighted by atomic mass is 10.2. The van der Waals surface area contributed by atoms with Gasteiger partial charge < -0.3 is 20.8 Å². The number of nitro groups is 1. The number of anilines is 2. The highest BCUT2D eigenvalue weighted by atomic mass is 16.6. The maximum absolute atomic E-state index is 10.5. The lowest BCUT2D eigenvalue weighted by Crippen LogP contribution is -2.42. The van der Waals surface area contributed by atoms with Crippen LogP contribution in [0.2, 0.25) is 0 Å². The van der Waals surface area contributed by atoms with E-state index in [0.717, 1.165) is 0 Å². The molecule has 2 rings (SSSR count). The Bertz CT molecular complexity index is 409. The van der Waals surface area contributed by atoms with Crippen molar-refractivity contribution in [2.75, 3.05) is 10.6 Å². The molecule has 0 spiro atoms. The van der Waals surface area contributed by atoms with Crippen LogP contribution in [0.4, 0.5) is 17.1 Å². The molecule has 0 unspecified atom stereocenters. The number of hydrogen-bond acceptors (Lipinski definition) is 6. The summed E-state index contributed by atoms with van der Waals surface area (Å²) in [4.78, 5) is 9.95. The second kappa shape index (κ2) is 3.37. The molecule has 0 saturated heterocycles. The van der Waals surface area contributed by atoms with Crippen molar-refractivity contribution >= 4 is 17.1 Å². The Morgan fingerprint density at radius 1 is 1.20 bits per heavy atom. The Balaban J connectivity index is 2.37. The molecule has 1 aliphatic heterocycles. The number of hydrogen-bond donors (Lipinski definition) is 4. The van der Waals surface area contributed by atoms with E-state index in [1.807, 2.05) is 0 Å². The summed E-state index contributed by atoms with van der Waals surface area (Å²) in [5.74, 6) is 0. The molecule has 0 aliphatic carbocycles. The second-order valence-electron chi connectivity index (χ2n) is 3.17. The van der Waals surface area contributed by atoms with Crippen molar-refractivity contribution in [1.29, 1.82) is 0 Å². The average molecular weight is 211 g/mol. The molecule has 0 aromatic heterocycles. The first-order valence-electron chi connectivity index (χ1n) is 4.25. The average Bonchev–Trinajstić information content (AvgIpc) is 2.19. The number of rotatable bonds is 1. The zero-order valence-electron chi connectivity index (χ0n) is 7.54. The summed E-state index contributed by atoms with van der Waals surface area (Å²) in [7, 11) is 0. The summed E-state index contributed by atoms with van der Waals surface area (Å²) in [6.45, 7) is 0. The highest BCUT2D eigenvalue weighted by Crippen LogP contribution is 2.30. The van der Waals surface area contributed by atoms with E-state index in [1.54, 1.807) is 0 Å². The van der Waals surface area contributed by atoms with Gasteiger partial charge >= 0.3 is 0 Å². The van der Waals surface area contributed by atoms with Gasteiger partial charge in [0.2, 0.25) is 0 Å². The van der Waals surface area contributed by atoms with Crippen LogP contribution >= 0.6 is 0 Å². The Kier molecular flexibility index (Phi) is 2.18. The normalized spacial score (nSPS) is 23.6. The third kappa shape index (κ3) is 1.69. The summed E-state index contributed by atoms with van der Waals surface area (Å²) in [6, 6.07) is 4.07. The van der Waals surface area contributed by atoms with Crippen molar-refractivity contribution in [3.63, 3.8) is 0 Å². The van der Waals surface area contributed by atoms with E-state index in [9.17, 15) is 20.3 Å². The molecule has 4 N–H and O–H groups in total. The highest BCUT2D eigenvalue weighted by molar-refractivity contribution is 5.74. The molecule has 0 amide bonds. The van der Waals surface area contributed by atoms with E-state index in [4.69, 9.17) is 0 Å². The van der Waals surface area contributed by atoms with Crippen molar-refractivity contribution in [2.45, 2.75) is 12.5 Å². The van der Waals surface area contributed by atoms with E-state index < -0.39 is 17.4 Å². The zero-order chi connectivity index (χ0) is 11.0. The van der Waals surface area contributed by atoms with Gasteiger partial charge in [0, 0.05) is 12.1 Å². The Labute approximate surface area is 84.5 Å². The van der Waals surface area contributed by atoms with Crippen molar-refractivity contribution in [3.05, 3.63) is 28.3 Å². The fraction of sp³-hybridized carbons (Fsp3) is 0.250. The monoisotopic (exact) mass is 211 g/mol. The van der Waals surface area contributed by atoms with Gasteiger partial charge in [0.25, 0.3) is 5.69 Å². The largest absolute Gasteiger partial charge is 0.369 e. The van der Waals surface area contributed by atoms with Gasteiger partial charge in [0.15, 0.2) is 12.5 Å². The number of nitrogens with one attached hydrogen (secondary N) is 2. The van der Waals surface area contributed by atoms with Crippen LogP contribution in [-0.2, 0) is 0 Å². The van der Waals surface area contributed by atoms with E-state index in [-0.39, 0.29) is 5.69 Å². The molecule has 2 atom stereocenters. The number of nitro benzene ring substituents is 1. The van der Waals surface area contributed by atoms with Gasteiger partial charge in [-0.3, -0.25) is 10.1 Å². The minimum atomic E-state index is -1.18. The highest BCUT2D eigenvalue weighted by Gasteiger charge is 2.24. The lowest BCUT2D eigenvalue weighted by Gasteiger charge is -2.29. The molecule has 15 heavy (non-hydrogen) atoms. The molecular weight excluding hydrogens is 202 g/mol. The smallest absolute Gasteiger partial charge is 0.271 e. The lowest BCUT2D eigenvalue weighted by molar-refractivity contribution is -0.384. The van der Waals surface area contributed by atoms with E-state index in [0.29, 0.717) is 11.4 Å². The first-order valence-corrected chi connectivity index (χ1v) is 4.25. The third-order valence-electron chi connectivity index (χ3n) is 2.12. The molecule has 1 heterocycles. The van der Waals surface area contributed by atoms with Crippen LogP contribution in [0.25, 0.3) is 0 Å². The summed E-state index contributed by atoms with van der Waals surface area (Å²) in [5.41, 5.74) is 0.826. The molecule has 1 aliphatic rings. The molecule has 80 valence electrons. The molecule has 0 fully saturated rings. The van der Waals surface area contributed by atoms with Gasteiger partial charge in [-0.15, -0.1) is 0 Å². The predicted molar refractivity (Wildman–Crippen MR) is 52.4 cm³/mol. The second-order valence-corrected chi connectivity index (χ2v) is 3.17. The number of aliphatic hydroxyl groups excluding tert-OH is 2. The van der Waals surface area contributed by atoms with Gasteiger partial charge in [0.1, 0.15) is 0 Å².